The first-order valence-electron chi connectivity index (χ1n) is 10.6. The molecular formula is C23H19F6N3O5S2. The number of sulfonamides is 2. The molecule has 3 aromatic rings. The van der Waals surface area contributed by atoms with Gasteiger partial charge in [-0.25, -0.2) is 16.8 Å². The molecule has 0 bridgehead atoms. The molecule has 8 nitrogen and oxygen atoms in total. The van der Waals surface area contributed by atoms with Crippen LogP contribution in [0.15, 0.2) is 77.7 Å². The Bertz CT molecular complexity index is 1570. The maximum absolute atomic E-state index is 13.0. The lowest BCUT2D eigenvalue weighted by Crippen LogP contribution is -2.37. The molecule has 0 atom stereocenters. The number of alkyl halides is 6. The molecule has 3 rings (SSSR count). The van der Waals surface area contributed by atoms with Crippen LogP contribution in [0.3, 0.4) is 0 Å². The molecule has 0 aliphatic carbocycles. The van der Waals surface area contributed by atoms with Crippen LogP contribution in [0.4, 0.5) is 43.4 Å². The minimum atomic E-state index is -4.75. The Morgan fingerprint density at radius 2 is 1.31 bits per heavy atom. The zero-order valence-electron chi connectivity index (χ0n) is 19.7. The summed E-state index contributed by atoms with van der Waals surface area (Å²) in [5, 5.41) is 2.30. The van der Waals surface area contributed by atoms with Gasteiger partial charge in [-0.05, 0) is 60.7 Å². The lowest BCUT2D eigenvalue weighted by atomic mass is 10.2. The fourth-order valence-corrected chi connectivity index (χ4v) is 5.16. The van der Waals surface area contributed by atoms with Crippen molar-refractivity contribution in [3.8, 4) is 0 Å². The molecule has 0 aromatic heterocycles. The number of hydrogen-bond acceptors (Lipinski definition) is 5. The normalized spacial score (nSPS) is 12.6. The van der Waals surface area contributed by atoms with Gasteiger partial charge in [0.1, 0.15) is 6.54 Å². The number of rotatable bonds is 8. The Labute approximate surface area is 219 Å². The number of carbonyl (C=O) groups is 1. The standard InChI is InChI=1S/C23H19F6N3O5S2/c1-38(34,35)32(19-7-3-5-16(13-19)23(27,28)29)14-21(33)30-17-8-10-20(11-9-17)39(36,37)31-18-6-2-4-15(12-18)22(24,25)26/h2-13,31H,14H2,1H3,(H,30,33). The average molecular weight is 596 g/mol. The summed E-state index contributed by atoms with van der Waals surface area (Å²) in [5.74, 6) is -0.949. The lowest BCUT2D eigenvalue weighted by Gasteiger charge is -2.23. The molecule has 0 fully saturated rings. The van der Waals surface area contributed by atoms with Crippen LogP contribution in [0.2, 0.25) is 0 Å². The van der Waals surface area contributed by atoms with Gasteiger partial charge in [0.15, 0.2) is 0 Å². The quantitative estimate of drug-likeness (QED) is 0.359. The molecule has 16 heteroatoms. The van der Waals surface area contributed by atoms with E-state index in [0.29, 0.717) is 22.7 Å². The Morgan fingerprint density at radius 1 is 0.769 bits per heavy atom. The molecule has 39 heavy (non-hydrogen) atoms. The summed E-state index contributed by atoms with van der Waals surface area (Å²) in [4.78, 5) is 12.1. The van der Waals surface area contributed by atoms with Crippen molar-refractivity contribution < 1.29 is 48.0 Å². The van der Waals surface area contributed by atoms with Crippen molar-refractivity contribution in [2.75, 3.05) is 27.1 Å². The lowest BCUT2D eigenvalue weighted by molar-refractivity contribution is -0.138. The highest BCUT2D eigenvalue weighted by Crippen LogP contribution is 2.33. The molecule has 210 valence electrons. The largest absolute Gasteiger partial charge is 0.416 e. The molecule has 0 aliphatic heterocycles. The van der Waals surface area contributed by atoms with Gasteiger partial charge >= 0.3 is 12.4 Å². The molecule has 0 unspecified atom stereocenters. The second-order valence-electron chi connectivity index (χ2n) is 8.07. The molecule has 1 amide bonds. The number of nitrogens with zero attached hydrogens (tertiary/aromatic N) is 1. The van der Waals surface area contributed by atoms with Gasteiger partial charge in [0, 0.05) is 11.4 Å². The number of benzene rings is 3. The SMILES string of the molecule is CS(=O)(=O)N(CC(=O)Nc1ccc(S(=O)(=O)Nc2cccc(C(F)(F)F)c2)cc1)c1cccc(C(F)(F)F)c1. The summed E-state index contributed by atoms with van der Waals surface area (Å²) in [6, 6.07) is 11.3. The number of amides is 1. The number of hydrogen-bond donors (Lipinski definition) is 2. The molecule has 0 aliphatic rings. The first kappa shape index (κ1) is 29.8. The van der Waals surface area contributed by atoms with Crippen molar-refractivity contribution in [3.05, 3.63) is 83.9 Å². The Morgan fingerprint density at radius 3 is 1.85 bits per heavy atom. The predicted molar refractivity (Wildman–Crippen MR) is 131 cm³/mol. The number of carbonyl (C=O) groups excluding carboxylic acids is 1. The molecule has 0 heterocycles. The Balaban J connectivity index is 1.74. The third kappa shape index (κ3) is 7.86. The van der Waals surface area contributed by atoms with Crippen LogP contribution in [0.25, 0.3) is 0 Å². The van der Waals surface area contributed by atoms with Crippen LogP contribution in [0, 0.1) is 0 Å². The molecular weight excluding hydrogens is 576 g/mol. The van der Waals surface area contributed by atoms with Gasteiger partial charge in [0.25, 0.3) is 10.0 Å². The summed E-state index contributed by atoms with van der Waals surface area (Å²) in [5.41, 5.74) is -2.91. The van der Waals surface area contributed by atoms with Gasteiger partial charge in [0.2, 0.25) is 15.9 Å². The van der Waals surface area contributed by atoms with E-state index < -0.39 is 61.7 Å². The smallest absolute Gasteiger partial charge is 0.325 e. The third-order valence-corrected chi connectivity index (χ3v) is 7.58. The van der Waals surface area contributed by atoms with Crippen LogP contribution in [-0.4, -0.2) is 35.5 Å². The van der Waals surface area contributed by atoms with E-state index in [9.17, 15) is 48.0 Å². The van der Waals surface area contributed by atoms with E-state index >= 15 is 0 Å². The van der Waals surface area contributed by atoms with E-state index in [1.165, 1.54) is 0 Å². The second kappa shape index (κ2) is 10.8. The van der Waals surface area contributed by atoms with Crippen molar-refractivity contribution >= 4 is 43.0 Å². The number of halogens is 6. The Kier molecular flexibility index (Phi) is 8.21. The first-order valence-corrected chi connectivity index (χ1v) is 13.9. The maximum Gasteiger partial charge on any atom is 0.416 e. The van der Waals surface area contributed by atoms with E-state index in [1.807, 2.05) is 4.72 Å². The van der Waals surface area contributed by atoms with Gasteiger partial charge in [-0.3, -0.25) is 13.8 Å². The van der Waals surface area contributed by atoms with Crippen molar-refractivity contribution in [2.24, 2.45) is 0 Å². The molecule has 3 aromatic carbocycles. The van der Waals surface area contributed by atoms with Crippen LogP contribution in [0.1, 0.15) is 11.1 Å². The average Bonchev–Trinajstić information content (AvgIpc) is 2.81. The van der Waals surface area contributed by atoms with Crippen molar-refractivity contribution in [2.45, 2.75) is 17.2 Å². The predicted octanol–water partition coefficient (Wildman–Crippen LogP) is 4.93. The van der Waals surface area contributed by atoms with Gasteiger partial charge in [-0.15, -0.1) is 0 Å². The summed E-state index contributed by atoms with van der Waals surface area (Å²) in [7, 11) is -8.51. The highest BCUT2D eigenvalue weighted by molar-refractivity contribution is 7.92. The van der Waals surface area contributed by atoms with Crippen LogP contribution in [0.5, 0.6) is 0 Å². The molecule has 0 saturated heterocycles. The van der Waals surface area contributed by atoms with E-state index in [-0.39, 0.29) is 16.3 Å². The number of nitrogens with one attached hydrogen (secondary N) is 2. The second-order valence-corrected chi connectivity index (χ2v) is 11.7. The van der Waals surface area contributed by atoms with Crippen LogP contribution in [-0.2, 0) is 37.2 Å². The summed E-state index contributed by atoms with van der Waals surface area (Å²) in [6.45, 7) is -0.892. The minimum Gasteiger partial charge on any atom is -0.325 e. The van der Waals surface area contributed by atoms with E-state index in [0.717, 1.165) is 60.7 Å². The van der Waals surface area contributed by atoms with Crippen LogP contribution < -0.4 is 14.3 Å². The van der Waals surface area contributed by atoms with Crippen molar-refractivity contribution in [1.82, 2.24) is 0 Å². The Hall–Kier alpha value is -3.79. The summed E-state index contributed by atoms with van der Waals surface area (Å²) < 4.78 is 130. The maximum atomic E-state index is 13.0. The van der Waals surface area contributed by atoms with Gasteiger partial charge in [-0.1, -0.05) is 12.1 Å². The first-order chi connectivity index (χ1) is 17.9. The zero-order chi connectivity index (χ0) is 29.2. The van der Waals surface area contributed by atoms with Gasteiger partial charge in [-0.2, -0.15) is 26.3 Å². The molecule has 2 N–H and O–H groups in total. The molecule has 0 spiro atoms. The van der Waals surface area contributed by atoms with Gasteiger partial charge in [0.05, 0.1) is 28.0 Å². The van der Waals surface area contributed by atoms with Crippen LogP contribution >= 0.6 is 0 Å². The fourth-order valence-electron chi connectivity index (χ4n) is 3.26. The highest BCUT2D eigenvalue weighted by Gasteiger charge is 2.32. The van der Waals surface area contributed by atoms with E-state index in [4.69, 9.17) is 0 Å². The molecule has 0 radical (unpaired) electrons. The number of anilines is 3. The van der Waals surface area contributed by atoms with Gasteiger partial charge < -0.3 is 5.32 Å². The monoisotopic (exact) mass is 595 g/mol. The highest BCUT2D eigenvalue weighted by atomic mass is 32.2. The summed E-state index contributed by atoms with van der Waals surface area (Å²) in [6.07, 6.45) is -8.73. The zero-order valence-corrected chi connectivity index (χ0v) is 21.3. The van der Waals surface area contributed by atoms with E-state index in [1.54, 1.807) is 0 Å². The van der Waals surface area contributed by atoms with E-state index in [2.05, 4.69) is 5.32 Å². The fraction of sp³-hybridized carbons (Fsp3) is 0.174. The minimum absolute atomic E-state index is 0.00973. The third-order valence-electron chi connectivity index (χ3n) is 5.04. The van der Waals surface area contributed by atoms with Crippen molar-refractivity contribution in [3.63, 3.8) is 0 Å². The molecule has 0 saturated carbocycles. The van der Waals surface area contributed by atoms with Crippen molar-refractivity contribution in [1.29, 1.82) is 0 Å². The topological polar surface area (TPSA) is 113 Å². The summed E-state index contributed by atoms with van der Waals surface area (Å²) >= 11 is 0.